The van der Waals surface area contributed by atoms with Gasteiger partial charge in [-0.05, 0) is 168 Å². The molecule has 0 radical (unpaired) electrons. The summed E-state index contributed by atoms with van der Waals surface area (Å²) in [6.07, 6.45) is 0. The predicted molar refractivity (Wildman–Crippen MR) is 457 cm³/mol. The fourth-order valence-electron chi connectivity index (χ4n) is 18.4. The Balaban J connectivity index is 0.819. The Kier molecular flexibility index (Phi) is 14.1. The molecule has 0 unspecified atom stereocenters. The highest BCUT2D eigenvalue weighted by Gasteiger charge is 2.48. The summed E-state index contributed by atoms with van der Waals surface area (Å²) < 4.78 is 8.03. The van der Waals surface area contributed by atoms with Crippen molar-refractivity contribution >= 4 is 175 Å². The second-order valence-electron chi connectivity index (χ2n) is 28.5. The zero-order valence-corrected chi connectivity index (χ0v) is 58.8. The molecule has 18 aromatic carbocycles. The summed E-state index contributed by atoms with van der Waals surface area (Å²) in [5.41, 5.74) is 27.9. The van der Waals surface area contributed by atoms with E-state index in [0.29, 0.717) is 0 Å². The third-order valence-electron chi connectivity index (χ3n) is 22.7. The van der Waals surface area contributed by atoms with Crippen molar-refractivity contribution in [3.8, 4) is 33.8 Å². The lowest BCUT2D eigenvalue weighted by atomic mass is 9.30. The van der Waals surface area contributed by atoms with E-state index in [9.17, 15) is 0 Å². The quantitative estimate of drug-likeness (QED) is 0.0946. The van der Waals surface area contributed by atoms with E-state index in [4.69, 9.17) is 4.74 Å². The molecule has 0 atom stereocenters. The maximum absolute atomic E-state index is 8.03. The molecule has 0 bridgehead atoms. The molecule has 0 fully saturated rings. The Labute approximate surface area is 627 Å². The van der Waals surface area contributed by atoms with E-state index in [1.54, 1.807) is 0 Å². The van der Waals surface area contributed by atoms with Gasteiger partial charge in [0.05, 0.1) is 22.7 Å². The van der Waals surface area contributed by atoms with Crippen LogP contribution in [0.2, 0.25) is 0 Å². The van der Waals surface area contributed by atoms with Gasteiger partial charge in [0.1, 0.15) is 11.5 Å². The van der Waals surface area contributed by atoms with Crippen LogP contribution in [0, 0.1) is 0 Å². The van der Waals surface area contributed by atoms with Gasteiger partial charge in [0, 0.05) is 96.2 Å². The molecule has 8 heteroatoms. The Hall–Kier alpha value is -14.1. The minimum absolute atomic E-state index is 0.224. The number of para-hydroxylation sites is 7. The fourth-order valence-corrected chi connectivity index (χ4v) is 18.4. The van der Waals surface area contributed by atoms with E-state index in [2.05, 4.69) is 419 Å². The number of anilines is 15. The molecule has 0 aliphatic carbocycles. The van der Waals surface area contributed by atoms with Crippen molar-refractivity contribution in [3.05, 3.63) is 394 Å². The molecular formula is C100H65B2N5O. The first kappa shape index (κ1) is 61.4. The van der Waals surface area contributed by atoms with E-state index < -0.39 is 0 Å². The third-order valence-corrected chi connectivity index (χ3v) is 22.7. The van der Waals surface area contributed by atoms with Crippen molar-refractivity contribution in [2.24, 2.45) is 0 Å². The Morgan fingerprint density at radius 1 is 0.213 bits per heavy atom. The fraction of sp³-hybridized carbons (Fsp3) is 0. The largest absolute Gasteiger partial charge is 0.458 e. The molecular weight excluding hydrogens is 1310 g/mol. The zero-order chi connectivity index (χ0) is 70.9. The van der Waals surface area contributed by atoms with Crippen LogP contribution in [0.5, 0.6) is 11.5 Å². The second kappa shape index (κ2) is 24.8. The summed E-state index contributed by atoms with van der Waals surface area (Å²) in [7, 11) is 0. The molecule has 22 rings (SSSR count). The van der Waals surface area contributed by atoms with Gasteiger partial charge in [-0.15, -0.1) is 0 Å². The lowest BCUT2D eigenvalue weighted by Gasteiger charge is -2.46. The van der Waals surface area contributed by atoms with Gasteiger partial charge in [0.2, 0.25) is 0 Å². The summed E-state index contributed by atoms with van der Waals surface area (Å²) in [5, 5.41) is 9.31. The average Bonchev–Trinajstić information content (AvgIpc) is 0.691. The van der Waals surface area contributed by atoms with Crippen molar-refractivity contribution in [3.63, 3.8) is 0 Å². The zero-order valence-electron chi connectivity index (χ0n) is 58.8. The van der Waals surface area contributed by atoms with Crippen molar-refractivity contribution < 1.29 is 4.74 Å². The first-order valence-corrected chi connectivity index (χ1v) is 37.3. The minimum Gasteiger partial charge on any atom is -0.458 e. The topological polar surface area (TPSA) is 25.4 Å². The summed E-state index contributed by atoms with van der Waals surface area (Å²) in [6, 6.07) is 146. The molecule has 0 N–H and O–H groups in total. The predicted octanol–water partition coefficient (Wildman–Crippen LogP) is 23.1. The maximum atomic E-state index is 8.03. The number of hydrogen-bond donors (Lipinski definition) is 0. The smallest absolute Gasteiger partial charge is 0.256 e. The van der Waals surface area contributed by atoms with Crippen molar-refractivity contribution in [1.82, 2.24) is 0 Å². The van der Waals surface area contributed by atoms with Crippen LogP contribution in [0.4, 0.5) is 85.3 Å². The highest BCUT2D eigenvalue weighted by molar-refractivity contribution is 7.02. The first-order valence-electron chi connectivity index (χ1n) is 37.3. The van der Waals surface area contributed by atoms with Crippen LogP contribution in [0.1, 0.15) is 0 Å². The number of hydrogen-bond acceptors (Lipinski definition) is 6. The molecule has 6 nitrogen and oxygen atoms in total. The van der Waals surface area contributed by atoms with Crippen LogP contribution in [0.25, 0.3) is 65.3 Å². The monoisotopic (exact) mass is 1370 g/mol. The van der Waals surface area contributed by atoms with E-state index in [-0.39, 0.29) is 13.4 Å². The van der Waals surface area contributed by atoms with Crippen molar-refractivity contribution in [2.45, 2.75) is 0 Å². The Bertz CT molecular complexity index is 6520. The highest BCUT2D eigenvalue weighted by Crippen LogP contribution is 2.55. The molecule has 0 saturated heterocycles. The van der Waals surface area contributed by atoms with E-state index >= 15 is 0 Å². The third kappa shape index (κ3) is 9.43. The van der Waals surface area contributed by atoms with Crippen LogP contribution < -0.4 is 62.0 Å². The molecule has 0 saturated carbocycles. The van der Waals surface area contributed by atoms with Gasteiger partial charge >= 0.3 is 0 Å². The van der Waals surface area contributed by atoms with E-state index in [1.165, 1.54) is 65.6 Å². The van der Waals surface area contributed by atoms with Gasteiger partial charge in [-0.1, -0.05) is 291 Å². The van der Waals surface area contributed by atoms with Gasteiger partial charge in [-0.3, -0.25) is 0 Å². The first-order chi connectivity index (χ1) is 53.7. The minimum atomic E-state index is -0.239. The molecule has 4 heterocycles. The van der Waals surface area contributed by atoms with Gasteiger partial charge in [0.15, 0.2) is 0 Å². The molecule has 4 aliphatic rings. The average molecular weight is 1370 g/mol. The van der Waals surface area contributed by atoms with E-state index in [1.807, 2.05) is 0 Å². The SMILES string of the molecule is c1ccc(-c2c3ccccc3c(N(c3ccccc3)c3cc4c5c(c3)N(c3ccccc3)c3ccccc3B5c3cc5c(cc3O4)N(c3ccccc3)c3cc(N(c4ccccc4)c4c6ccccc6c(-c6ccccc6)c6ccccc46)cc4c3B5c3ccccc3N4c3ccccc3)c3ccccc23)cc1. The molecule has 502 valence electrons. The lowest BCUT2D eigenvalue weighted by Crippen LogP contribution is -2.64. The standard InChI is InChI=1S/C100H65B2N5O/c1-8-34-66(35-9-1)95-75-48-22-26-52-79(75)99(80-53-27-23-49-76(80)95)103(68-38-12-3-13-39-68)73-60-90-97-91(61-73)107(72-46-20-7-21-47-72)89-65-93-86(64-85(89)101(97)83-56-30-32-58-87(83)105(90)70-42-16-5-17-43-70)102-84-57-31-33-59-88(84)106(71-44-18-6-19-45-71)92-62-74(63-94(108-93)98(92)102)104(69-40-14-4-15-41-69)100-81-54-28-24-50-77(81)96(67-36-10-2-11-37-67)78-51-25-29-55-82(78)100/h1-65H. The van der Waals surface area contributed by atoms with Gasteiger partial charge in [-0.25, -0.2) is 0 Å². The lowest BCUT2D eigenvalue weighted by molar-refractivity contribution is 0.488. The Morgan fingerprint density at radius 2 is 0.528 bits per heavy atom. The number of fused-ring (bicyclic) bond motifs is 12. The maximum Gasteiger partial charge on any atom is 0.256 e. The molecule has 108 heavy (non-hydrogen) atoms. The molecule has 0 spiro atoms. The summed E-state index contributed by atoms with van der Waals surface area (Å²) >= 11 is 0. The molecule has 18 aromatic rings. The highest BCUT2D eigenvalue weighted by atomic mass is 16.5. The van der Waals surface area contributed by atoms with Crippen LogP contribution in [-0.2, 0) is 0 Å². The van der Waals surface area contributed by atoms with Crippen molar-refractivity contribution in [2.75, 3.05) is 24.5 Å². The van der Waals surface area contributed by atoms with Crippen LogP contribution in [-0.4, -0.2) is 13.4 Å². The number of ether oxygens (including phenoxy) is 1. The summed E-state index contributed by atoms with van der Waals surface area (Å²) in [4.78, 5) is 12.6. The summed E-state index contributed by atoms with van der Waals surface area (Å²) in [5.74, 6) is 1.61. The summed E-state index contributed by atoms with van der Waals surface area (Å²) in [6.45, 7) is -0.464. The molecule has 4 aliphatic heterocycles. The normalized spacial score (nSPS) is 12.8. The number of nitrogens with zero attached hydrogens (tertiary/aromatic N) is 5. The second-order valence-corrected chi connectivity index (χ2v) is 28.5. The van der Waals surface area contributed by atoms with Gasteiger partial charge < -0.3 is 29.2 Å². The van der Waals surface area contributed by atoms with Gasteiger partial charge in [-0.2, -0.15) is 0 Å². The number of rotatable bonds is 11. The van der Waals surface area contributed by atoms with Crippen LogP contribution >= 0.6 is 0 Å². The van der Waals surface area contributed by atoms with Crippen LogP contribution in [0.3, 0.4) is 0 Å². The molecule has 0 aromatic heterocycles. The van der Waals surface area contributed by atoms with Crippen LogP contribution in [0.15, 0.2) is 394 Å². The number of benzene rings is 18. The van der Waals surface area contributed by atoms with E-state index in [0.717, 1.165) is 129 Å². The van der Waals surface area contributed by atoms with Crippen molar-refractivity contribution in [1.29, 1.82) is 0 Å². The molecule has 0 amide bonds. The Morgan fingerprint density at radius 3 is 0.935 bits per heavy atom. The van der Waals surface area contributed by atoms with Gasteiger partial charge in [0.25, 0.3) is 13.4 Å².